The maximum atomic E-state index is 10.3. The van der Waals surface area contributed by atoms with E-state index in [1.165, 1.54) is 11.1 Å². The molecule has 0 saturated heterocycles. The molecule has 1 aliphatic rings. The van der Waals surface area contributed by atoms with E-state index in [2.05, 4.69) is 49.1 Å². The fourth-order valence-electron chi connectivity index (χ4n) is 4.20. The van der Waals surface area contributed by atoms with Crippen molar-refractivity contribution in [2.75, 3.05) is 20.3 Å². The third kappa shape index (κ3) is 4.79. The van der Waals surface area contributed by atoms with E-state index in [1.54, 1.807) is 13.2 Å². The van der Waals surface area contributed by atoms with Gasteiger partial charge in [0.2, 0.25) is 0 Å². The summed E-state index contributed by atoms with van der Waals surface area (Å²) in [6.45, 7) is 5.30. The van der Waals surface area contributed by atoms with Gasteiger partial charge >= 0.3 is 0 Å². The highest BCUT2D eigenvalue weighted by Gasteiger charge is 2.22. The summed E-state index contributed by atoms with van der Waals surface area (Å²) in [5, 5.41) is 12.2. The molecule has 1 heterocycles. The Morgan fingerprint density at radius 3 is 2.58 bits per heavy atom. The molecular formula is C28H28O3. The fourth-order valence-corrected chi connectivity index (χ4v) is 4.20. The Kier molecular flexibility index (Phi) is 6.66. The molecule has 0 bridgehead atoms. The first kappa shape index (κ1) is 21.1. The van der Waals surface area contributed by atoms with Gasteiger partial charge in [-0.1, -0.05) is 79.4 Å². The first-order valence-electron chi connectivity index (χ1n) is 10.6. The number of hydrogen-bond donors (Lipinski definition) is 1. The minimum atomic E-state index is 0.0336. The summed E-state index contributed by atoms with van der Waals surface area (Å²) < 4.78 is 11.2. The summed E-state index contributed by atoms with van der Waals surface area (Å²) in [7, 11) is 1.69. The van der Waals surface area contributed by atoms with Crippen molar-refractivity contribution in [3.63, 3.8) is 0 Å². The van der Waals surface area contributed by atoms with Crippen LogP contribution in [0.15, 0.2) is 90.5 Å². The molecule has 0 radical (unpaired) electrons. The van der Waals surface area contributed by atoms with Gasteiger partial charge in [0.25, 0.3) is 0 Å². The molecule has 0 spiro atoms. The molecule has 3 nitrogen and oxygen atoms in total. The molecule has 1 N–H and O–H groups in total. The Morgan fingerprint density at radius 2 is 1.81 bits per heavy atom. The van der Waals surface area contributed by atoms with Gasteiger partial charge in [-0.25, -0.2) is 0 Å². The van der Waals surface area contributed by atoms with Crippen LogP contribution in [0.25, 0.3) is 22.4 Å². The van der Waals surface area contributed by atoms with E-state index in [-0.39, 0.29) is 6.10 Å². The summed E-state index contributed by atoms with van der Waals surface area (Å²) in [5.74, 6) is 0.305. The van der Waals surface area contributed by atoms with Crippen LogP contribution in [0, 0.1) is 0 Å². The molecule has 4 rings (SSSR count). The molecule has 0 aliphatic carbocycles. The number of methoxy groups -OCH3 is 1. The van der Waals surface area contributed by atoms with Crippen LogP contribution < -0.4 is 0 Å². The number of benzene rings is 3. The van der Waals surface area contributed by atoms with E-state index in [1.807, 2.05) is 30.3 Å². The van der Waals surface area contributed by atoms with Crippen molar-refractivity contribution in [1.29, 1.82) is 0 Å². The van der Waals surface area contributed by atoms with Crippen molar-refractivity contribution in [3.8, 4) is 5.75 Å². The number of rotatable bonds is 8. The molecule has 1 unspecified atom stereocenters. The average Bonchev–Trinajstić information content (AvgIpc) is 3.28. The van der Waals surface area contributed by atoms with Gasteiger partial charge in [0, 0.05) is 12.5 Å². The molecule has 0 aromatic heterocycles. The van der Waals surface area contributed by atoms with E-state index in [0.717, 1.165) is 40.3 Å². The quantitative estimate of drug-likeness (QED) is 0.436. The van der Waals surface area contributed by atoms with Gasteiger partial charge in [-0.3, -0.25) is 0 Å². The molecule has 1 aliphatic heterocycles. The molecule has 0 saturated carbocycles. The standard InChI is InChI=1S/C28H28O3/c1-20(19-30-2)24-16-17-31-28(24)15-13-22(21-8-4-3-5-9-21)18-23-12-14-27(29)26-11-7-6-10-25(23)26/h3-12,14,16,18,28-29H,1,13,15,17,19H2,2H3/b22-18-. The minimum Gasteiger partial charge on any atom is -0.507 e. The minimum absolute atomic E-state index is 0.0336. The van der Waals surface area contributed by atoms with Gasteiger partial charge in [0.15, 0.2) is 0 Å². The smallest absolute Gasteiger partial charge is 0.123 e. The van der Waals surface area contributed by atoms with Gasteiger partial charge in [-0.05, 0) is 52.1 Å². The lowest BCUT2D eigenvalue weighted by Crippen LogP contribution is -2.13. The van der Waals surface area contributed by atoms with Gasteiger partial charge in [0.1, 0.15) is 5.75 Å². The fraction of sp³-hybridized carbons (Fsp3) is 0.214. The second-order valence-electron chi connectivity index (χ2n) is 7.81. The maximum Gasteiger partial charge on any atom is 0.123 e. The van der Waals surface area contributed by atoms with E-state index < -0.39 is 0 Å². The van der Waals surface area contributed by atoms with Gasteiger partial charge in [-0.15, -0.1) is 0 Å². The molecule has 0 amide bonds. The van der Waals surface area contributed by atoms with Crippen molar-refractivity contribution in [2.24, 2.45) is 0 Å². The highest BCUT2D eigenvalue weighted by Crippen LogP contribution is 2.33. The van der Waals surface area contributed by atoms with Crippen LogP contribution in [0.5, 0.6) is 5.75 Å². The van der Waals surface area contributed by atoms with Crippen LogP contribution in [0.4, 0.5) is 0 Å². The number of fused-ring (bicyclic) bond motifs is 1. The van der Waals surface area contributed by atoms with Crippen molar-refractivity contribution >= 4 is 22.4 Å². The number of hydrogen-bond acceptors (Lipinski definition) is 3. The van der Waals surface area contributed by atoms with Crippen molar-refractivity contribution in [2.45, 2.75) is 18.9 Å². The average molecular weight is 413 g/mol. The lowest BCUT2D eigenvalue weighted by molar-refractivity contribution is 0.116. The molecule has 3 aromatic carbocycles. The highest BCUT2D eigenvalue weighted by atomic mass is 16.5. The first-order valence-corrected chi connectivity index (χ1v) is 10.6. The molecule has 1 atom stereocenters. The van der Waals surface area contributed by atoms with E-state index >= 15 is 0 Å². The molecule has 158 valence electrons. The summed E-state index contributed by atoms with van der Waals surface area (Å²) >= 11 is 0. The van der Waals surface area contributed by atoms with Gasteiger partial charge in [-0.2, -0.15) is 0 Å². The van der Waals surface area contributed by atoms with Crippen LogP contribution >= 0.6 is 0 Å². The predicted octanol–water partition coefficient (Wildman–Crippen LogP) is 6.39. The van der Waals surface area contributed by atoms with Crippen LogP contribution in [0.1, 0.15) is 24.0 Å². The van der Waals surface area contributed by atoms with E-state index in [9.17, 15) is 5.11 Å². The number of allylic oxidation sites excluding steroid dienone is 1. The van der Waals surface area contributed by atoms with Gasteiger partial charge in [0.05, 0.1) is 19.3 Å². The summed E-state index contributed by atoms with van der Waals surface area (Å²) in [4.78, 5) is 0. The van der Waals surface area contributed by atoms with Crippen molar-refractivity contribution < 1.29 is 14.6 Å². The third-order valence-electron chi connectivity index (χ3n) is 5.76. The highest BCUT2D eigenvalue weighted by molar-refractivity contribution is 5.98. The van der Waals surface area contributed by atoms with Crippen LogP contribution in [-0.2, 0) is 9.47 Å². The SMILES string of the molecule is C=C(COC)C1=CCOC1CC/C(=C/c1ccc(O)c2ccccc12)c1ccccc1. The lowest BCUT2D eigenvalue weighted by Gasteiger charge is -2.18. The molecule has 31 heavy (non-hydrogen) atoms. The Labute approximate surface area is 183 Å². The monoisotopic (exact) mass is 412 g/mol. The Bertz CT molecular complexity index is 1130. The summed E-state index contributed by atoms with van der Waals surface area (Å²) in [6, 6.07) is 22.2. The van der Waals surface area contributed by atoms with Crippen LogP contribution in [-0.4, -0.2) is 31.5 Å². The molecule has 3 heteroatoms. The number of phenolic OH excluding ortho intramolecular Hbond substituents is 1. The Hall–Kier alpha value is -3.14. The third-order valence-corrected chi connectivity index (χ3v) is 5.76. The number of phenols is 1. The van der Waals surface area contributed by atoms with E-state index in [4.69, 9.17) is 9.47 Å². The van der Waals surface area contributed by atoms with Crippen molar-refractivity contribution in [3.05, 3.63) is 102 Å². The number of aromatic hydroxyl groups is 1. The molecule has 3 aromatic rings. The van der Waals surface area contributed by atoms with Crippen LogP contribution in [0.3, 0.4) is 0 Å². The molecular weight excluding hydrogens is 384 g/mol. The summed E-state index contributed by atoms with van der Waals surface area (Å²) in [6.07, 6.45) is 6.11. The normalized spacial score (nSPS) is 16.5. The summed E-state index contributed by atoms with van der Waals surface area (Å²) in [5.41, 5.74) is 5.67. The Morgan fingerprint density at radius 1 is 1.06 bits per heavy atom. The molecule has 0 fully saturated rings. The topological polar surface area (TPSA) is 38.7 Å². The van der Waals surface area contributed by atoms with Crippen LogP contribution in [0.2, 0.25) is 0 Å². The zero-order valence-corrected chi connectivity index (χ0v) is 17.9. The second kappa shape index (κ2) is 9.78. The first-order chi connectivity index (χ1) is 15.2. The zero-order chi connectivity index (χ0) is 21.6. The zero-order valence-electron chi connectivity index (χ0n) is 17.9. The second-order valence-corrected chi connectivity index (χ2v) is 7.81. The van der Waals surface area contributed by atoms with Crippen molar-refractivity contribution in [1.82, 2.24) is 0 Å². The van der Waals surface area contributed by atoms with Gasteiger partial charge < -0.3 is 14.6 Å². The predicted molar refractivity (Wildman–Crippen MR) is 128 cm³/mol. The largest absolute Gasteiger partial charge is 0.507 e. The Balaban J connectivity index is 1.65. The van der Waals surface area contributed by atoms with E-state index in [0.29, 0.717) is 19.0 Å². The lowest BCUT2D eigenvalue weighted by atomic mass is 9.92. The number of ether oxygens (including phenoxy) is 2. The maximum absolute atomic E-state index is 10.3.